The van der Waals surface area contributed by atoms with E-state index in [1.165, 1.54) is 4.88 Å². The Morgan fingerprint density at radius 3 is 2.80 bits per heavy atom. The molecule has 3 rings (SSSR count). The van der Waals surface area contributed by atoms with Gasteiger partial charge in [-0.15, -0.1) is 11.3 Å². The van der Waals surface area contributed by atoms with Crippen LogP contribution < -0.4 is 5.32 Å². The van der Waals surface area contributed by atoms with Gasteiger partial charge in [0.1, 0.15) is 5.52 Å². The SMILES string of the molecule is Cc1nc(C)c(C(C)Nc2nc(Cl)nc3nc[nH]c23)s1. The van der Waals surface area contributed by atoms with Crippen molar-refractivity contribution in [3.05, 3.63) is 27.2 Å². The molecule has 104 valence electrons. The number of hydrogen-bond donors (Lipinski definition) is 2. The monoisotopic (exact) mass is 308 g/mol. The standard InChI is InChI=1S/C12H13ClN6S/c1-5-9(20-7(3)16-5)6(2)17-11-8-10(15-4-14-8)18-12(13)19-11/h4,6H,1-3H3,(H2,14,15,17,18,19). The van der Waals surface area contributed by atoms with Gasteiger partial charge in [0.2, 0.25) is 5.28 Å². The predicted molar refractivity (Wildman–Crippen MR) is 80.3 cm³/mol. The second-order valence-electron chi connectivity index (χ2n) is 4.49. The topological polar surface area (TPSA) is 79.4 Å². The van der Waals surface area contributed by atoms with Crippen molar-refractivity contribution in [1.29, 1.82) is 0 Å². The van der Waals surface area contributed by atoms with Crippen molar-refractivity contribution in [2.24, 2.45) is 0 Å². The highest BCUT2D eigenvalue weighted by atomic mass is 35.5. The molecule has 1 unspecified atom stereocenters. The second kappa shape index (κ2) is 4.99. The Labute approximate surface area is 124 Å². The minimum Gasteiger partial charge on any atom is -0.361 e. The van der Waals surface area contributed by atoms with Crippen LogP contribution in [0.25, 0.3) is 11.2 Å². The number of nitrogens with one attached hydrogen (secondary N) is 2. The second-order valence-corrected chi connectivity index (χ2v) is 6.06. The Kier molecular flexibility index (Phi) is 3.31. The molecule has 0 aliphatic heterocycles. The lowest BCUT2D eigenvalue weighted by Gasteiger charge is -2.14. The van der Waals surface area contributed by atoms with Crippen molar-refractivity contribution in [2.75, 3.05) is 5.32 Å². The number of nitrogens with zero attached hydrogens (tertiary/aromatic N) is 4. The highest BCUT2D eigenvalue weighted by molar-refractivity contribution is 7.11. The number of rotatable bonds is 3. The predicted octanol–water partition coefficient (Wildman–Crippen LogP) is 3.25. The van der Waals surface area contributed by atoms with Crippen LogP contribution in [0, 0.1) is 13.8 Å². The third kappa shape index (κ3) is 2.34. The first-order valence-electron chi connectivity index (χ1n) is 6.11. The van der Waals surface area contributed by atoms with Gasteiger partial charge in [-0.2, -0.15) is 9.97 Å². The van der Waals surface area contributed by atoms with Gasteiger partial charge in [0.15, 0.2) is 11.5 Å². The van der Waals surface area contributed by atoms with Crippen molar-refractivity contribution >= 4 is 39.9 Å². The summed E-state index contributed by atoms with van der Waals surface area (Å²) in [6, 6.07) is 0.0821. The maximum Gasteiger partial charge on any atom is 0.226 e. The van der Waals surface area contributed by atoms with Crippen molar-refractivity contribution in [3.63, 3.8) is 0 Å². The Hall–Kier alpha value is -1.73. The van der Waals surface area contributed by atoms with Gasteiger partial charge in [-0.1, -0.05) is 0 Å². The summed E-state index contributed by atoms with van der Waals surface area (Å²) in [5, 5.41) is 4.58. The van der Waals surface area contributed by atoms with Gasteiger partial charge in [-0.3, -0.25) is 0 Å². The normalized spacial score (nSPS) is 12.8. The first-order valence-corrected chi connectivity index (χ1v) is 7.31. The van der Waals surface area contributed by atoms with Crippen LogP contribution in [-0.4, -0.2) is 24.9 Å². The first-order chi connectivity index (χ1) is 9.54. The van der Waals surface area contributed by atoms with Gasteiger partial charge in [-0.25, -0.2) is 9.97 Å². The smallest absolute Gasteiger partial charge is 0.226 e. The Morgan fingerprint density at radius 2 is 2.10 bits per heavy atom. The number of aromatic nitrogens is 5. The molecule has 0 aromatic carbocycles. The van der Waals surface area contributed by atoms with Gasteiger partial charge < -0.3 is 10.3 Å². The summed E-state index contributed by atoms with van der Waals surface area (Å²) in [6.45, 7) is 6.08. The molecule has 0 saturated heterocycles. The zero-order chi connectivity index (χ0) is 14.3. The van der Waals surface area contributed by atoms with E-state index in [0.29, 0.717) is 11.5 Å². The Balaban J connectivity index is 1.96. The number of halogens is 1. The minimum absolute atomic E-state index is 0.0821. The van der Waals surface area contributed by atoms with Crippen LogP contribution in [0.2, 0.25) is 5.28 Å². The van der Waals surface area contributed by atoms with E-state index in [9.17, 15) is 0 Å². The number of anilines is 1. The van der Waals surface area contributed by atoms with Gasteiger partial charge in [0.05, 0.1) is 23.1 Å². The molecule has 1 atom stereocenters. The molecule has 0 bridgehead atoms. The van der Waals surface area contributed by atoms with Gasteiger partial charge in [-0.05, 0) is 32.4 Å². The van der Waals surface area contributed by atoms with Crippen LogP contribution in [0.15, 0.2) is 6.33 Å². The Morgan fingerprint density at radius 1 is 1.30 bits per heavy atom. The summed E-state index contributed by atoms with van der Waals surface area (Å²) in [6.07, 6.45) is 1.58. The van der Waals surface area contributed by atoms with Crippen LogP contribution in [-0.2, 0) is 0 Å². The van der Waals surface area contributed by atoms with E-state index in [2.05, 4.69) is 37.2 Å². The molecule has 8 heteroatoms. The van der Waals surface area contributed by atoms with Gasteiger partial charge in [0.25, 0.3) is 0 Å². The molecule has 0 radical (unpaired) electrons. The van der Waals surface area contributed by atoms with Crippen molar-refractivity contribution < 1.29 is 0 Å². The molecule has 0 aliphatic carbocycles. The van der Waals surface area contributed by atoms with Crippen molar-refractivity contribution in [3.8, 4) is 0 Å². The number of fused-ring (bicyclic) bond motifs is 1. The summed E-state index contributed by atoms with van der Waals surface area (Å²) >= 11 is 7.60. The van der Waals surface area contributed by atoms with Crippen LogP contribution in [0.1, 0.15) is 28.5 Å². The fraction of sp³-hybridized carbons (Fsp3) is 0.333. The number of imidazole rings is 1. The van der Waals surface area contributed by atoms with E-state index in [1.54, 1.807) is 17.7 Å². The minimum atomic E-state index is 0.0821. The van der Waals surface area contributed by atoms with E-state index in [4.69, 9.17) is 11.6 Å². The number of aromatic amines is 1. The van der Waals surface area contributed by atoms with E-state index >= 15 is 0 Å². The lowest BCUT2D eigenvalue weighted by atomic mass is 10.2. The molecule has 3 aromatic heterocycles. The molecule has 20 heavy (non-hydrogen) atoms. The van der Waals surface area contributed by atoms with Crippen molar-refractivity contribution in [1.82, 2.24) is 24.9 Å². The summed E-state index contributed by atoms with van der Waals surface area (Å²) < 4.78 is 0. The third-order valence-electron chi connectivity index (χ3n) is 2.94. The lowest BCUT2D eigenvalue weighted by Crippen LogP contribution is -2.08. The fourth-order valence-corrected chi connectivity index (χ4v) is 3.22. The molecule has 3 heterocycles. The summed E-state index contributed by atoms with van der Waals surface area (Å²) in [5.74, 6) is 0.649. The quantitative estimate of drug-likeness (QED) is 0.726. The molecule has 0 saturated carbocycles. The highest BCUT2D eigenvalue weighted by Crippen LogP contribution is 2.29. The molecule has 0 amide bonds. The highest BCUT2D eigenvalue weighted by Gasteiger charge is 2.16. The molecular weight excluding hydrogens is 296 g/mol. The Bertz CT molecular complexity index is 764. The van der Waals surface area contributed by atoms with Crippen LogP contribution in [0.4, 0.5) is 5.82 Å². The molecule has 2 N–H and O–H groups in total. The molecule has 0 aliphatic rings. The van der Waals surface area contributed by atoms with Crippen LogP contribution in [0.3, 0.4) is 0 Å². The third-order valence-corrected chi connectivity index (χ3v) is 4.37. The molecule has 6 nitrogen and oxygen atoms in total. The first kappa shape index (κ1) is 13.3. The van der Waals surface area contributed by atoms with E-state index in [1.807, 2.05) is 13.8 Å². The summed E-state index contributed by atoms with van der Waals surface area (Å²) in [4.78, 5) is 21.0. The maximum absolute atomic E-state index is 5.92. The van der Waals surface area contributed by atoms with Gasteiger partial charge >= 0.3 is 0 Å². The zero-order valence-corrected chi connectivity index (χ0v) is 12.8. The van der Waals surface area contributed by atoms with Gasteiger partial charge in [0, 0.05) is 4.88 Å². The number of thiazole rings is 1. The van der Waals surface area contributed by atoms with E-state index < -0.39 is 0 Å². The summed E-state index contributed by atoms with van der Waals surface area (Å²) in [5.41, 5.74) is 2.34. The number of H-pyrrole nitrogens is 1. The summed E-state index contributed by atoms with van der Waals surface area (Å²) in [7, 11) is 0. The molecular formula is C12H13ClN6S. The number of hydrogen-bond acceptors (Lipinski definition) is 6. The molecule has 3 aromatic rings. The van der Waals surface area contributed by atoms with Crippen LogP contribution in [0.5, 0.6) is 0 Å². The molecule has 0 fully saturated rings. The zero-order valence-electron chi connectivity index (χ0n) is 11.2. The van der Waals surface area contributed by atoms with E-state index in [0.717, 1.165) is 16.2 Å². The number of aryl methyl sites for hydroxylation is 2. The van der Waals surface area contributed by atoms with Crippen molar-refractivity contribution in [2.45, 2.75) is 26.8 Å². The van der Waals surface area contributed by atoms with E-state index in [-0.39, 0.29) is 11.3 Å². The fourth-order valence-electron chi connectivity index (χ4n) is 2.13. The lowest BCUT2D eigenvalue weighted by molar-refractivity contribution is 0.880. The van der Waals surface area contributed by atoms with Crippen LogP contribution >= 0.6 is 22.9 Å². The average Bonchev–Trinajstić information content (AvgIpc) is 2.95. The average molecular weight is 309 g/mol. The maximum atomic E-state index is 5.92. The largest absolute Gasteiger partial charge is 0.361 e. The molecule has 0 spiro atoms.